The first-order valence-electron chi connectivity index (χ1n) is 12.9. The van der Waals surface area contributed by atoms with E-state index < -0.39 is 0 Å². The molecule has 0 saturated carbocycles. The highest BCUT2D eigenvalue weighted by molar-refractivity contribution is 6.31. The minimum atomic E-state index is -0.283. The van der Waals surface area contributed by atoms with Gasteiger partial charge in [-0.1, -0.05) is 30.9 Å². The third kappa shape index (κ3) is 4.70. The molecular formula is C30H30BF2N5. The summed E-state index contributed by atoms with van der Waals surface area (Å²) in [7, 11) is 1.95. The Balaban J connectivity index is 1.56. The Hall–Kier alpha value is -3.96. The number of benzene rings is 1. The fourth-order valence-corrected chi connectivity index (χ4v) is 5.79. The number of nitriles is 1. The number of allylic oxidation sites excluding steroid dienone is 3. The minimum Gasteiger partial charge on any atom is -0.365 e. The maximum atomic E-state index is 13.9. The van der Waals surface area contributed by atoms with Gasteiger partial charge < -0.3 is 9.47 Å². The average molecular weight is 509 g/mol. The van der Waals surface area contributed by atoms with Gasteiger partial charge in [-0.15, -0.1) is 6.58 Å². The van der Waals surface area contributed by atoms with Crippen molar-refractivity contribution in [2.24, 2.45) is 0 Å². The second-order valence-electron chi connectivity index (χ2n) is 9.85. The van der Waals surface area contributed by atoms with Crippen LogP contribution in [-0.4, -0.2) is 48.0 Å². The van der Waals surface area contributed by atoms with E-state index in [-0.39, 0.29) is 23.7 Å². The smallest absolute Gasteiger partial charge is 0.163 e. The first-order chi connectivity index (χ1) is 18.4. The van der Waals surface area contributed by atoms with Crippen molar-refractivity contribution in [2.75, 3.05) is 24.5 Å². The van der Waals surface area contributed by atoms with Gasteiger partial charge in [0.15, 0.2) is 13.5 Å². The molecule has 1 saturated heterocycles. The van der Waals surface area contributed by atoms with Gasteiger partial charge in [-0.2, -0.15) is 5.26 Å². The Kier molecular flexibility index (Phi) is 7.30. The van der Waals surface area contributed by atoms with Crippen LogP contribution in [0.5, 0.6) is 0 Å². The number of nitrogens with zero attached hydrogens (tertiary/aromatic N) is 5. The van der Waals surface area contributed by atoms with Gasteiger partial charge in [-0.3, -0.25) is 9.88 Å². The predicted octanol–water partition coefficient (Wildman–Crippen LogP) is 4.79. The molecular weight excluding hydrogens is 479 g/mol. The van der Waals surface area contributed by atoms with Crippen LogP contribution in [0.15, 0.2) is 79.2 Å². The summed E-state index contributed by atoms with van der Waals surface area (Å²) in [5.74, 6) is -0.404. The summed E-state index contributed by atoms with van der Waals surface area (Å²) in [5, 5.41) is 10.1. The summed E-state index contributed by atoms with van der Waals surface area (Å²) in [5.41, 5.74) is 5.95. The largest absolute Gasteiger partial charge is 0.365 e. The maximum absolute atomic E-state index is 13.9. The number of piperazine rings is 1. The molecule has 8 heteroatoms. The van der Waals surface area contributed by atoms with Crippen LogP contribution in [0.4, 0.5) is 14.5 Å². The second-order valence-corrected chi connectivity index (χ2v) is 9.85. The molecule has 0 spiro atoms. The molecule has 2 aromatic heterocycles. The molecule has 5 nitrogen and oxygen atoms in total. The molecule has 0 bridgehead atoms. The number of fused-ring (bicyclic) bond motifs is 1. The lowest BCUT2D eigenvalue weighted by Crippen LogP contribution is -2.54. The van der Waals surface area contributed by atoms with E-state index >= 15 is 0 Å². The van der Waals surface area contributed by atoms with E-state index in [1.165, 1.54) is 12.1 Å². The van der Waals surface area contributed by atoms with Gasteiger partial charge >= 0.3 is 0 Å². The van der Waals surface area contributed by atoms with Crippen LogP contribution in [0.2, 0.25) is 0 Å². The summed E-state index contributed by atoms with van der Waals surface area (Å²) in [6.07, 6.45) is 8.70. The highest BCUT2D eigenvalue weighted by atomic mass is 19.1. The molecule has 5 rings (SSSR count). The highest BCUT2D eigenvalue weighted by Crippen LogP contribution is 2.40. The zero-order valence-corrected chi connectivity index (χ0v) is 21.6. The van der Waals surface area contributed by atoms with Crippen LogP contribution in [0.1, 0.15) is 36.6 Å². The minimum absolute atomic E-state index is 0.0615. The van der Waals surface area contributed by atoms with E-state index in [0.717, 1.165) is 39.9 Å². The molecule has 3 heterocycles. The molecule has 1 aliphatic heterocycles. The summed E-state index contributed by atoms with van der Waals surface area (Å²) < 4.78 is 29.5. The Morgan fingerprint density at radius 2 is 1.89 bits per heavy atom. The molecule has 3 aromatic rings. The molecule has 0 N–H and O–H groups in total. The number of halogens is 2. The Morgan fingerprint density at radius 1 is 1.11 bits per heavy atom. The zero-order chi connectivity index (χ0) is 26.8. The van der Waals surface area contributed by atoms with Crippen LogP contribution in [0.25, 0.3) is 17.2 Å². The third-order valence-corrected chi connectivity index (χ3v) is 7.53. The van der Waals surface area contributed by atoms with Crippen LogP contribution in [-0.2, 0) is 0 Å². The van der Waals surface area contributed by atoms with Crippen molar-refractivity contribution in [3.8, 4) is 6.07 Å². The van der Waals surface area contributed by atoms with Gasteiger partial charge in [0.1, 0.15) is 28.9 Å². The lowest BCUT2D eigenvalue weighted by molar-refractivity contribution is 0.135. The molecule has 0 amide bonds. The standard InChI is InChI=1S/C30H30BF2N5/c1-3-5-24-19-36(30-26(18-34)37(4-2)25-14-15-27(31)35-28(25)30)16-17-38(24)29(20-6-10-22(32)11-7-20)21-8-12-23(33)13-9-21/h3-4,6-8,10-12,14-15,24,29H,1-2,5,9,13,16-17,19,31H2. The van der Waals surface area contributed by atoms with Crippen molar-refractivity contribution in [1.29, 1.82) is 5.26 Å². The van der Waals surface area contributed by atoms with E-state index in [1.54, 1.807) is 16.8 Å². The van der Waals surface area contributed by atoms with Crippen molar-refractivity contribution in [3.63, 3.8) is 0 Å². The topological polar surface area (TPSA) is 48.1 Å². The maximum Gasteiger partial charge on any atom is 0.163 e. The summed E-state index contributed by atoms with van der Waals surface area (Å²) in [6.45, 7) is 9.96. The summed E-state index contributed by atoms with van der Waals surface area (Å²) in [6, 6.07) is 12.9. The first kappa shape index (κ1) is 25.7. The van der Waals surface area contributed by atoms with Crippen LogP contribution in [0.3, 0.4) is 0 Å². The van der Waals surface area contributed by atoms with E-state index in [4.69, 9.17) is 4.98 Å². The van der Waals surface area contributed by atoms with Crippen molar-refractivity contribution >= 4 is 36.4 Å². The molecule has 2 atom stereocenters. The third-order valence-electron chi connectivity index (χ3n) is 7.53. The number of rotatable bonds is 7. The van der Waals surface area contributed by atoms with Crippen molar-refractivity contribution in [1.82, 2.24) is 14.5 Å². The van der Waals surface area contributed by atoms with Gasteiger partial charge in [0.2, 0.25) is 0 Å². The van der Waals surface area contributed by atoms with Crippen molar-refractivity contribution in [2.45, 2.75) is 31.3 Å². The molecule has 1 aromatic carbocycles. The molecule has 192 valence electrons. The van der Waals surface area contributed by atoms with Gasteiger partial charge in [-0.25, -0.2) is 8.78 Å². The average Bonchev–Trinajstić information content (AvgIpc) is 3.24. The quantitative estimate of drug-likeness (QED) is 0.340. The van der Waals surface area contributed by atoms with Crippen molar-refractivity contribution in [3.05, 3.63) is 96.3 Å². The summed E-state index contributed by atoms with van der Waals surface area (Å²) >= 11 is 0. The zero-order valence-electron chi connectivity index (χ0n) is 21.6. The molecule has 1 aliphatic carbocycles. The van der Waals surface area contributed by atoms with Gasteiger partial charge in [0.25, 0.3) is 0 Å². The predicted molar refractivity (Wildman–Crippen MR) is 152 cm³/mol. The number of hydrogen-bond acceptors (Lipinski definition) is 4. The Labute approximate surface area is 223 Å². The molecule has 2 unspecified atom stereocenters. The van der Waals surface area contributed by atoms with E-state index in [2.05, 4.69) is 29.0 Å². The fourth-order valence-electron chi connectivity index (χ4n) is 5.79. The Morgan fingerprint density at radius 3 is 2.55 bits per heavy atom. The number of hydrogen-bond donors (Lipinski definition) is 0. The number of pyridine rings is 1. The second kappa shape index (κ2) is 10.8. The van der Waals surface area contributed by atoms with Crippen LogP contribution >= 0.6 is 0 Å². The summed E-state index contributed by atoms with van der Waals surface area (Å²) in [4.78, 5) is 9.47. The normalized spacial score (nSPS) is 19.0. The SMILES string of the molecule is Bc1ccc2c(n1)c(N1CCN(C(C3=CC=C(F)CC3)c3ccc(F)cc3)C(CC=C)C1)c(C#N)n2C=C. The van der Waals surface area contributed by atoms with Crippen LogP contribution in [0, 0.1) is 17.1 Å². The molecule has 38 heavy (non-hydrogen) atoms. The number of aromatic nitrogens is 2. The first-order valence-corrected chi connectivity index (χ1v) is 12.9. The van der Waals surface area contributed by atoms with Gasteiger partial charge in [0.05, 0.1) is 11.6 Å². The molecule has 0 radical (unpaired) electrons. The number of anilines is 1. The lowest BCUT2D eigenvalue weighted by Gasteiger charge is -2.47. The van der Waals surface area contributed by atoms with Gasteiger partial charge in [0, 0.05) is 38.3 Å². The molecule has 2 aliphatic rings. The monoisotopic (exact) mass is 509 g/mol. The highest BCUT2D eigenvalue weighted by Gasteiger charge is 2.36. The van der Waals surface area contributed by atoms with Crippen molar-refractivity contribution < 1.29 is 8.78 Å². The lowest BCUT2D eigenvalue weighted by atomic mass is 9.88. The molecule has 1 fully saturated rings. The fraction of sp³-hybridized carbons (Fsp3) is 0.267. The van der Waals surface area contributed by atoms with Crippen LogP contribution < -0.4 is 10.5 Å². The van der Waals surface area contributed by atoms with E-state index in [0.29, 0.717) is 38.2 Å². The van der Waals surface area contributed by atoms with E-state index in [1.807, 2.05) is 44.3 Å². The Bertz CT molecular complexity index is 1480. The van der Waals surface area contributed by atoms with Gasteiger partial charge in [-0.05, 0) is 59.9 Å². The van der Waals surface area contributed by atoms with E-state index in [9.17, 15) is 14.0 Å².